The van der Waals surface area contributed by atoms with Crippen LogP contribution in [0.25, 0.3) is 0 Å². The molecule has 1 amide bonds. The molecule has 11 nitrogen and oxygen atoms in total. The molecule has 7 rings (SSSR count). The zero-order valence-corrected chi connectivity index (χ0v) is 22.0. The number of nitrogens with zero attached hydrogens (tertiary/aromatic N) is 1. The molecule has 0 spiro atoms. The highest BCUT2D eigenvalue weighted by Crippen LogP contribution is 2.55. The smallest absolute Gasteiger partial charge is 0.233 e. The normalized spacial score (nSPS) is 38.6. The van der Waals surface area contributed by atoms with E-state index in [1.807, 2.05) is 11.9 Å². The van der Waals surface area contributed by atoms with E-state index in [0.717, 1.165) is 25.8 Å². The van der Waals surface area contributed by atoms with E-state index in [0.29, 0.717) is 12.1 Å². The van der Waals surface area contributed by atoms with Crippen molar-refractivity contribution >= 4 is 34.7 Å². The van der Waals surface area contributed by atoms with Gasteiger partial charge in [0.15, 0.2) is 23.0 Å². The summed E-state index contributed by atoms with van der Waals surface area (Å²) in [5, 5.41) is 38.0. The molecule has 40 heavy (non-hydrogen) atoms. The van der Waals surface area contributed by atoms with Gasteiger partial charge in [0.1, 0.15) is 17.5 Å². The minimum atomic E-state index is -2.57. The second kappa shape index (κ2) is 8.40. The fourth-order valence-corrected chi connectivity index (χ4v) is 8.27. The lowest BCUT2D eigenvalue weighted by molar-refractivity contribution is -0.154. The number of phenolic OH excluding ortho intramolecular Hbond substituents is 1. The lowest BCUT2D eigenvalue weighted by atomic mass is 9.52. The molecule has 1 aromatic carbocycles. The van der Waals surface area contributed by atoms with Crippen LogP contribution in [0.1, 0.15) is 53.2 Å². The van der Waals surface area contributed by atoms with Crippen LogP contribution in [0.15, 0.2) is 0 Å². The Bertz CT molecular complexity index is 1430. The van der Waals surface area contributed by atoms with Crippen molar-refractivity contribution in [3.63, 3.8) is 0 Å². The zero-order chi connectivity index (χ0) is 28.4. The molecule has 8 atom stereocenters. The van der Waals surface area contributed by atoms with Crippen LogP contribution in [0.2, 0.25) is 0 Å². The van der Waals surface area contributed by atoms with Crippen molar-refractivity contribution in [2.75, 3.05) is 25.5 Å². The predicted molar refractivity (Wildman–Crippen MR) is 138 cm³/mol. The van der Waals surface area contributed by atoms with Crippen molar-refractivity contribution in [3.05, 3.63) is 22.5 Å². The fraction of sp³-hybridized carbons (Fsp3) is 0.607. The molecule has 0 aromatic heterocycles. The number of hydrogen-bond acceptors (Lipinski definition) is 10. The van der Waals surface area contributed by atoms with Crippen molar-refractivity contribution < 1.29 is 33.8 Å². The first kappa shape index (κ1) is 25.7. The first-order chi connectivity index (χ1) is 19.0. The van der Waals surface area contributed by atoms with Gasteiger partial charge in [0.05, 0.1) is 28.9 Å². The Morgan fingerprint density at radius 1 is 1.23 bits per heavy atom. The maximum atomic E-state index is 16.4. The molecule has 4 aliphatic carbocycles. The van der Waals surface area contributed by atoms with Gasteiger partial charge >= 0.3 is 0 Å². The van der Waals surface area contributed by atoms with E-state index in [1.165, 1.54) is 0 Å². The number of phenols is 1. The summed E-state index contributed by atoms with van der Waals surface area (Å²) in [6.45, 7) is 1.28. The minimum absolute atomic E-state index is 0.0242. The monoisotopic (exact) mass is 553 g/mol. The molecule has 0 radical (unpaired) electrons. The number of halogens is 1. The highest BCUT2D eigenvalue weighted by Gasteiger charge is 2.67. The summed E-state index contributed by atoms with van der Waals surface area (Å²) in [5.41, 5.74) is 2.30. The molecular formula is C28H32FN5O6. The number of amides is 1. The van der Waals surface area contributed by atoms with Gasteiger partial charge in [-0.2, -0.15) is 0 Å². The number of Topliss-reactive ketones (excluding diaryl/α,β-unsaturated/α-hetero) is 3. The Balaban J connectivity index is 1.34. The summed E-state index contributed by atoms with van der Waals surface area (Å²) < 4.78 is 16.4. The van der Waals surface area contributed by atoms with Crippen LogP contribution in [-0.4, -0.2) is 81.9 Å². The first-order valence-electron chi connectivity index (χ1n) is 14.0. The summed E-state index contributed by atoms with van der Waals surface area (Å²) in [6.07, 6.45) is 2.35. The number of carbonyl (C=O) groups excluding carboxylic acids is 4. The maximum absolute atomic E-state index is 16.4. The molecule has 8 unspecified atom stereocenters. The van der Waals surface area contributed by atoms with E-state index in [9.17, 15) is 29.4 Å². The topological polar surface area (TPSA) is 186 Å². The average Bonchev–Trinajstić information content (AvgIpc) is 3.66. The van der Waals surface area contributed by atoms with Gasteiger partial charge in [-0.05, 0) is 57.5 Å². The van der Waals surface area contributed by atoms with Crippen LogP contribution >= 0.6 is 0 Å². The Kier molecular flexibility index (Phi) is 5.40. The number of hydrogen-bond donors (Lipinski definition) is 6. The summed E-state index contributed by atoms with van der Waals surface area (Å²) in [7, 11) is 1.90. The lowest BCUT2D eigenvalue weighted by Crippen LogP contribution is -2.74. The number of aliphatic hydroxyl groups is 1. The van der Waals surface area contributed by atoms with Crippen molar-refractivity contribution in [3.8, 4) is 5.75 Å². The third kappa shape index (κ3) is 3.18. The van der Waals surface area contributed by atoms with Crippen molar-refractivity contribution in [2.45, 2.75) is 55.8 Å². The Morgan fingerprint density at radius 2 is 1.95 bits per heavy atom. The van der Waals surface area contributed by atoms with E-state index in [4.69, 9.17) is 11.1 Å². The van der Waals surface area contributed by atoms with Gasteiger partial charge in [0.25, 0.3) is 0 Å². The van der Waals surface area contributed by atoms with Gasteiger partial charge in [0, 0.05) is 35.7 Å². The minimum Gasteiger partial charge on any atom is -0.505 e. The number of rotatable bonds is 3. The predicted octanol–water partition coefficient (Wildman–Crippen LogP) is 0.0655. The number of aromatic hydroxyl groups is 1. The third-order valence-corrected chi connectivity index (χ3v) is 10.3. The number of ketones is 3. The van der Waals surface area contributed by atoms with Gasteiger partial charge in [-0.25, -0.2) is 4.39 Å². The summed E-state index contributed by atoms with van der Waals surface area (Å²) in [5.74, 6) is -9.63. The molecule has 6 aliphatic rings. The lowest BCUT2D eigenvalue weighted by Gasteiger charge is -2.52. The van der Waals surface area contributed by atoms with Crippen molar-refractivity contribution in [2.24, 2.45) is 35.3 Å². The molecule has 1 aromatic rings. The molecule has 4 fully saturated rings. The largest absolute Gasteiger partial charge is 0.505 e. The van der Waals surface area contributed by atoms with Crippen LogP contribution in [0, 0.1) is 40.8 Å². The number of benzene rings is 1. The number of nitrogens with two attached hydrogens (primary N) is 1. The van der Waals surface area contributed by atoms with Crippen molar-refractivity contribution in [1.82, 2.24) is 10.2 Å². The van der Waals surface area contributed by atoms with Crippen LogP contribution in [0.5, 0.6) is 5.75 Å². The first-order valence-corrected chi connectivity index (χ1v) is 14.0. The van der Waals surface area contributed by atoms with E-state index in [-0.39, 0.29) is 47.7 Å². The molecule has 1 saturated heterocycles. The molecule has 3 saturated carbocycles. The zero-order valence-electron chi connectivity index (χ0n) is 22.0. The number of anilines is 1. The molecule has 12 heteroatoms. The second-order valence-corrected chi connectivity index (χ2v) is 12.5. The van der Waals surface area contributed by atoms with Gasteiger partial charge in [-0.1, -0.05) is 0 Å². The SMILES string of the molecule is CN1CCC2CNc3c(O)c4c(c(F)c3C21)CC1CC2C(NC3CC3)C(=O)C(C(N)=O)C(=N)C2(O)C(=O)C1C4=O. The highest BCUT2D eigenvalue weighted by molar-refractivity contribution is 6.33. The summed E-state index contributed by atoms with van der Waals surface area (Å²) >= 11 is 0. The van der Waals surface area contributed by atoms with Gasteiger partial charge in [0.2, 0.25) is 5.91 Å². The fourth-order valence-electron chi connectivity index (χ4n) is 8.27. The van der Waals surface area contributed by atoms with Crippen LogP contribution in [-0.2, 0) is 20.8 Å². The Morgan fingerprint density at radius 3 is 2.62 bits per heavy atom. The number of nitrogens with one attached hydrogen (secondary N) is 3. The number of likely N-dealkylation sites (tertiary alicyclic amines) is 1. The average molecular weight is 554 g/mol. The summed E-state index contributed by atoms with van der Waals surface area (Å²) in [4.78, 5) is 55.6. The van der Waals surface area contributed by atoms with Crippen LogP contribution in [0.4, 0.5) is 10.1 Å². The second-order valence-electron chi connectivity index (χ2n) is 12.5. The van der Waals surface area contributed by atoms with Gasteiger partial charge in [-0.15, -0.1) is 0 Å². The molecule has 2 heterocycles. The Labute approximate surface area is 229 Å². The number of primary amides is 1. The van der Waals surface area contributed by atoms with E-state index in [2.05, 4.69) is 10.6 Å². The maximum Gasteiger partial charge on any atom is 0.233 e. The molecule has 212 valence electrons. The summed E-state index contributed by atoms with van der Waals surface area (Å²) in [6, 6.07) is -1.41. The molecule has 2 aliphatic heterocycles. The van der Waals surface area contributed by atoms with Crippen LogP contribution in [0.3, 0.4) is 0 Å². The highest BCUT2D eigenvalue weighted by atomic mass is 19.1. The molecular weight excluding hydrogens is 521 g/mol. The Hall–Kier alpha value is -3.22. The van der Waals surface area contributed by atoms with Gasteiger partial charge < -0.3 is 32.0 Å². The molecule has 0 bridgehead atoms. The quantitative estimate of drug-likeness (QED) is 0.222. The van der Waals surface area contributed by atoms with Crippen LogP contribution < -0.4 is 16.4 Å². The van der Waals surface area contributed by atoms with E-state index in [1.54, 1.807) is 0 Å². The van der Waals surface area contributed by atoms with E-state index < -0.39 is 75.8 Å². The third-order valence-electron chi connectivity index (χ3n) is 10.3. The number of carbonyl (C=O) groups is 4. The number of fused-ring (bicyclic) bond motifs is 6. The van der Waals surface area contributed by atoms with Crippen molar-refractivity contribution in [1.29, 1.82) is 5.41 Å². The standard InChI is InChI=1S/C28H32FN5O6/c1-34-5-4-9-8-32-20-16(21(9)34)18(29)12-6-10-7-13-19(33-11-2-3-11)24(37)17(27(31)39)25(30)28(13,40)26(38)14(10)22(35)15(12)23(20)36/h9-11,13-14,17,19,21,30,32-33,36,40H,2-8H2,1H3,(H2,31,39). The van der Waals surface area contributed by atoms with E-state index >= 15 is 4.39 Å². The molecule has 7 N–H and O–H groups in total. The van der Waals surface area contributed by atoms with Gasteiger partial charge in [-0.3, -0.25) is 24.1 Å².